The molecule has 0 amide bonds. The van der Waals surface area contributed by atoms with E-state index in [0.29, 0.717) is 11.7 Å². The van der Waals surface area contributed by atoms with Gasteiger partial charge in [-0.15, -0.1) is 11.8 Å². The predicted octanol–water partition coefficient (Wildman–Crippen LogP) is 7.87. The zero-order valence-electron chi connectivity index (χ0n) is 20.6. The maximum absolute atomic E-state index is 11.4. The number of phenolic OH excluding ortho intramolecular Hbond substituents is 2. The van der Waals surface area contributed by atoms with Gasteiger partial charge < -0.3 is 15.3 Å². The van der Waals surface area contributed by atoms with Crippen LogP contribution in [0.2, 0.25) is 0 Å². The molecule has 4 nitrogen and oxygen atoms in total. The van der Waals surface area contributed by atoms with Crippen LogP contribution in [-0.2, 0) is 10.2 Å². The lowest BCUT2D eigenvalue weighted by Gasteiger charge is -2.43. The number of phenols is 2. The molecule has 186 valence electrons. The van der Waals surface area contributed by atoms with Crippen molar-refractivity contribution in [2.45, 2.75) is 94.3 Å². The Bertz CT molecular complexity index is 926. The van der Waals surface area contributed by atoms with Crippen LogP contribution < -0.4 is 0 Å². The van der Waals surface area contributed by atoms with Gasteiger partial charge in [0, 0.05) is 16.1 Å². The number of fused-ring (bicyclic) bond motifs is 1. The quantitative estimate of drug-likeness (QED) is 0.252. The lowest BCUT2D eigenvalue weighted by Crippen LogP contribution is -2.36. The van der Waals surface area contributed by atoms with E-state index in [1.807, 2.05) is 18.2 Å². The maximum atomic E-state index is 11.4. The number of hydrogen-bond acceptors (Lipinski definition) is 4. The minimum atomic E-state index is -0.637. The maximum Gasteiger partial charge on any atom is 0.306 e. The van der Waals surface area contributed by atoms with Gasteiger partial charge in [0.2, 0.25) is 0 Å². The first-order valence-electron chi connectivity index (χ1n) is 12.8. The number of carboxylic acid groups (broad SMARTS) is 1. The highest BCUT2D eigenvalue weighted by molar-refractivity contribution is 7.99. The number of thioether (sulfide) groups is 1. The molecule has 1 unspecified atom stereocenters. The third-order valence-corrected chi connectivity index (χ3v) is 8.91. The van der Waals surface area contributed by atoms with Crippen LogP contribution >= 0.6 is 11.8 Å². The number of carboxylic acids is 1. The van der Waals surface area contributed by atoms with Crippen molar-refractivity contribution in [1.29, 1.82) is 0 Å². The first-order valence-corrected chi connectivity index (χ1v) is 13.8. The van der Waals surface area contributed by atoms with Crippen LogP contribution in [-0.4, -0.2) is 27.0 Å². The summed E-state index contributed by atoms with van der Waals surface area (Å²) >= 11 is 1.80. The van der Waals surface area contributed by atoms with Crippen LogP contribution in [0, 0.1) is 5.92 Å². The topological polar surface area (TPSA) is 77.8 Å². The summed E-state index contributed by atoms with van der Waals surface area (Å²) in [4.78, 5) is 12.6. The van der Waals surface area contributed by atoms with Gasteiger partial charge in [0.05, 0.1) is 5.92 Å². The zero-order valence-corrected chi connectivity index (χ0v) is 21.4. The van der Waals surface area contributed by atoms with Crippen molar-refractivity contribution in [3.05, 3.63) is 53.6 Å². The molecular weight excluding hydrogens is 444 g/mol. The Hall–Kier alpha value is -2.14. The largest absolute Gasteiger partial charge is 0.508 e. The summed E-state index contributed by atoms with van der Waals surface area (Å²) in [5.41, 5.74) is 2.51. The second kappa shape index (κ2) is 12.5. The smallest absolute Gasteiger partial charge is 0.306 e. The van der Waals surface area contributed by atoms with E-state index in [-0.39, 0.29) is 17.1 Å². The van der Waals surface area contributed by atoms with Gasteiger partial charge in [0.15, 0.2) is 0 Å². The molecule has 2 aromatic rings. The molecule has 2 aromatic carbocycles. The van der Waals surface area contributed by atoms with Gasteiger partial charge in [-0.05, 0) is 60.6 Å². The molecule has 3 rings (SSSR count). The number of benzene rings is 2. The standard InChI is InChI=1S/C29H40O4S/c1-3-4-10-21(28(32)33)11-8-6-5-7-9-12-26-25-18-17-24(31)19-27(25)34-20-29(26,2)22-13-15-23(30)16-14-22/h13-19,21,26,30-31H,3-12,20H2,1-2H3,(H,32,33)/t21?,26-,29-/m1/s1. The van der Waals surface area contributed by atoms with Crippen LogP contribution in [0.5, 0.6) is 11.5 Å². The summed E-state index contributed by atoms with van der Waals surface area (Å²) in [6.45, 7) is 4.44. The minimum absolute atomic E-state index is 0.0453. The first-order chi connectivity index (χ1) is 16.3. The molecule has 3 atom stereocenters. The van der Waals surface area contributed by atoms with Crippen molar-refractivity contribution in [3.63, 3.8) is 0 Å². The van der Waals surface area contributed by atoms with Gasteiger partial charge in [-0.25, -0.2) is 0 Å². The highest BCUT2D eigenvalue weighted by Crippen LogP contribution is 2.52. The van der Waals surface area contributed by atoms with Crippen molar-refractivity contribution in [2.75, 3.05) is 5.75 Å². The fraction of sp³-hybridized carbons (Fsp3) is 0.552. The van der Waals surface area contributed by atoms with E-state index in [1.54, 1.807) is 30.0 Å². The lowest BCUT2D eigenvalue weighted by molar-refractivity contribution is -0.142. The average Bonchev–Trinajstić information content (AvgIpc) is 2.81. The monoisotopic (exact) mass is 484 g/mol. The summed E-state index contributed by atoms with van der Waals surface area (Å²) in [7, 11) is 0. The van der Waals surface area contributed by atoms with E-state index in [1.165, 1.54) is 16.0 Å². The third kappa shape index (κ3) is 6.71. The number of carbonyl (C=O) groups is 1. The van der Waals surface area contributed by atoms with E-state index in [4.69, 9.17) is 0 Å². The molecule has 0 bridgehead atoms. The molecular formula is C29H40O4S. The highest BCUT2D eigenvalue weighted by Gasteiger charge is 2.41. The third-order valence-electron chi connectivity index (χ3n) is 7.50. The zero-order chi connectivity index (χ0) is 24.6. The highest BCUT2D eigenvalue weighted by atomic mass is 32.2. The summed E-state index contributed by atoms with van der Waals surface area (Å²) in [5.74, 6) is 1.07. The average molecular weight is 485 g/mol. The molecule has 0 fully saturated rings. The van der Waals surface area contributed by atoms with Crippen molar-refractivity contribution in [3.8, 4) is 11.5 Å². The molecule has 1 aliphatic heterocycles. The van der Waals surface area contributed by atoms with Crippen LogP contribution in [0.15, 0.2) is 47.4 Å². The van der Waals surface area contributed by atoms with Crippen molar-refractivity contribution >= 4 is 17.7 Å². The van der Waals surface area contributed by atoms with Gasteiger partial charge >= 0.3 is 5.97 Å². The fourth-order valence-corrected chi connectivity index (χ4v) is 6.72. The Balaban J connectivity index is 1.58. The minimum Gasteiger partial charge on any atom is -0.508 e. The Morgan fingerprint density at radius 3 is 2.32 bits per heavy atom. The molecule has 0 spiro atoms. The Labute approximate surface area is 208 Å². The number of hydrogen-bond donors (Lipinski definition) is 3. The van der Waals surface area contributed by atoms with Crippen molar-refractivity contribution in [2.24, 2.45) is 5.92 Å². The predicted molar refractivity (Wildman–Crippen MR) is 140 cm³/mol. The molecule has 1 heterocycles. The van der Waals surface area contributed by atoms with E-state index in [9.17, 15) is 20.1 Å². The van der Waals surface area contributed by atoms with Crippen LogP contribution in [0.4, 0.5) is 0 Å². The second-order valence-electron chi connectivity index (χ2n) is 10.1. The first kappa shape index (κ1) is 26.5. The summed E-state index contributed by atoms with van der Waals surface area (Å²) in [6.07, 6.45) is 10.2. The fourth-order valence-electron chi connectivity index (χ4n) is 5.32. The van der Waals surface area contributed by atoms with E-state index in [0.717, 1.165) is 70.0 Å². The van der Waals surface area contributed by atoms with E-state index in [2.05, 4.69) is 19.9 Å². The number of aliphatic carboxylic acids is 1. The molecule has 5 heteroatoms. The van der Waals surface area contributed by atoms with E-state index >= 15 is 0 Å². The molecule has 34 heavy (non-hydrogen) atoms. The number of unbranched alkanes of at least 4 members (excludes halogenated alkanes) is 5. The van der Waals surface area contributed by atoms with E-state index < -0.39 is 5.97 Å². The number of aromatic hydroxyl groups is 2. The van der Waals surface area contributed by atoms with Gasteiger partial charge in [-0.2, -0.15) is 0 Å². The van der Waals surface area contributed by atoms with Gasteiger partial charge in [0.25, 0.3) is 0 Å². The van der Waals surface area contributed by atoms with Gasteiger partial charge in [-0.1, -0.05) is 77.0 Å². The van der Waals surface area contributed by atoms with Crippen LogP contribution in [0.3, 0.4) is 0 Å². The Morgan fingerprint density at radius 2 is 1.62 bits per heavy atom. The Morgan fingerprint density at radius 1 is 0.971 bits per heavy atom. The molecule has 0 radical (unpaired) electrons. The van der Waals surface area contributed by atoms with Crippen LogP contribution in [0.1, 0.15) is 95.1 Å². The second-order valence-corrected chi connectivity index (χ2v) is 11.1. The van der Waals surface area contributed by atoms with Crippen molar-refractivity contribution in [1.82, 2.24) is 0 Å². The SMILES string of the molecule is CCCCC(CCCCCCC[C@@H]1c2ccc(O)cc2SC[C@]1(C)c1ccc(O)cc1)C(=O)O. The Kier molecular flexibility index (Phi) is 9.75. The number of rotatable bonds is 13. The normalized spacial score (nSPS) is 20.6. The summed E-state index contributed by atoms with van der Waals surface area (Å²) in [6, 6.07) is 13.4. The molecule has 0 aliphatic carbocycles. The molecule has 0 aromatic heterocycles. The molecule has 0 saturated carbocycles. The molecule has 1 aliphatic rings. The van der Waals surface area contributed by atoms with Gasteiger partial charge in [0.1, 0.15) is 11.5 Å². The summed E-state index contributed by atoms with van der Waals surface area (Å²) < 4.78 is 0. The van der Waals surface area contributed by atoms with Gasteiger partial charge in [-0.3, -0.25) is 4.79 Å². The van der Waals surface area contributed by atoms with Crippen LogP contribution in [0.25, 0.3) is 0 Å². The molecule has 0 saturated heterocycles. The van der Waals surface area contributed by atoms with Crippen molar-refractivity contribution < 1.29 is 20.1 Å². The summed E-state index contributed by atoms with van der Waals surface area (Å²) in [5, 5.41) is 29.2. The molecule has 3 N–H and O–H groups in total. The lowest BCUT2D eigenvalue weighted by atomic mass is 9.68.